The molecule has 1 saturated carbocycles. The van der Waals surface area contributed by atoms with Crippen molar-refractivity contribution in [3.8, 4) is 11.3 Å². The van der Waals surface area contributed by atoms with Gasteiger partial charge in [-0.25, -0.2) is 10.1 Å². The van der Waals surface area contributed by atoms with E-state index in [0.29, 0.717) is 37.3 Å². The molecule has 3 atom stereocenters. The molecule has 0 bridgehead atoms. The van der Waals surface area contributed by atoms with Gasteiger partial charge in [-0.2, -0.15) is 0 Å². The van der Waals surface area contributed by atoms with Crippen LogP contribution in [-0.2, 0) is 12.8 Å². The predicted octanol–water partition coefficient (Wildman–Crippen LogP) is 3.20. The zero-order chi connectivity index (χ0) is 27.4. The second kappa shape index (κ2) is 11.7. The molecule has 10 nitrogen and oxygen atoms in total. The number of imidazole rings is 1. The van der Waals surface area contributed by atoms with Crippen molar-refractivity contribution in [2.24, 2.45) is 0 Å². The second-order valence-corrected chi connectivity index (χ2v) is 11.0. The van der Waals surface area contributed by atoms with Gasteiger partial charge >= 0.3 is 0 Å². The summed E-state index contributed by atoms with van der Waals surface area (Å²) in [6, 6.07) is 20.1. The van der Waals surface area contributed by atoms with Crippen LogP contribution < -0.4 is 5.32 Å². The van der Waals surface area contributed by atoms with Gasteiger partial charge in [0, 0.05) is 37.7 Å². The van der Waals surface area contributed by atoms with Crippen molar-refractivity contribution in [3.63, 3.8) is 0 Å². The molecule has 4 aromatic rings. The summed E-state index contributed by atoms with van der Waals surface area (Å²) in [5.74, 6) is 0.595. The largest absolute Gasteiger partial charge is 0.388 e. The third-order valence-corrected chi connectivity index (χ3v) is 8.45. The van der Waals surface area contributed by atoms with Gasteiger partial charge in [-0.15, -0.1) is 5.10 Å². The van der Waals surface area contributed by atoms with Crippen LogP contribution in [0.15, 0.2) is 67.0 Å². The number of tetrazole rings is 1. The van der Waals surface area contributed by atoms with E-state index in [-0.39, 0.29) is 18.0 Å². The Hall–Kier alpha value is -3.89. The first-order valence-electron chi connectivity index (χ1n) is 14.3. The van der Waals surface area contributed by atoms with Crippen molar-refractivity contribution in [1.29, 1.82) is 0 Å². The van der Waals surface area contributed by atoms with Gasteiger partial charge in [0.15, 0.2) is 5.69 Å². The fraction of sp³-hybridized carbons (Fsp3) is 0.433. The van der Waals surface area contributed by atoms with Crippen LogP contribution in [0.2, 0.25) is 0 Å². The summed E-state index contributed by atoms with van der Waals surface area (Å²) in [6.07, 6.45) is 7.03. The lowest BCUT2D eigenvalue weighted by molar-refractivity contribution is -0.0478. The van der Waals surface area contributed by atoms with E-state index < -0.39 is 5.60 Å². The van der Waals surface area contributed by atoms with Gasteiger partial charge in [0.25, 0.3) is 5.91 Å². The molecular weight excluding hydrogens is 504 g/mol. The molecule has 10 heteroatoms. The number of carbonyl (C=O) groups is 1. The van der Waals surface area contributed by atoms with Crippen molar-refractivity contribution < 1.29 is 9.90 Å². The number of amides is 1. The van der Waals surface area contributed by atoms with Crippen molar-refractivity contribution in [1.82, 2.24) is 40.4 Å². The Kier molecular flexibility index (Phi) is 7.70. The number of hydrogen-bond donors (Lipinski definition) is 3. The fourth-order valence-corrected chi connectivity index (χ4v) is 6.38. The highest BCUT2D eigenvalue weighted by atomic mass is 16.3. The van der Waals surface area contributed by atoms with Crippen LogP contribution in [0.3, 0.4) is 0 Å². The maximum Gasteiger partial charge on any atom is 0.275 e. The van der Waals surface area contributed by atoms with Gasteiger partial charge in [-0.3, -0.25) is 4.79 Å². The monoisotopic (exact) mass is 540 g/mol. The van der Waals surface area contributed by atoms with Crippen LogP contribution in [0.4, 0.5) is 0 Å². The number of benzene rings is 2. The van der Waals surface area contributed by atoms with Crippen LogP contribution in [0.5, 0.6) is 0 Å². The molecule has 0 unspecified atom stereocenters. The number of aromatic nitrogens is 6. The first kappa shape index (κ1) is 26.3. The lowest BCUT2D eigenvalue weighted by Gasteiger charge is -2.41. The summed E-state index contributed by atoms with van der Waals surface area (Å²) >= 11 is 0. The van der Waals surface area contributed by atoms with E-state index in [1.54, 1.807) is 6.33 Å². The number of rotatable bonds is 8. The summed E-state index contributed by atoms with van der Waals surface area (Å²) in [5.41, 5.74) is 2.37. The molecule has 1 amide bonds. The Bertz CT molecular complexity index is 1390. The van der Waals surface area contributed by atoms with Gasteiger partial charge in [0.2, 0.25) is 0 Å². The minimum Gasteiger partial charge on any atom is -0.388 e. The van der Waals surface area contributed by atoms with Crippen molar-refractivity contribution in [2.45, 2.75) is 62.6 Å². The highest BCUT2D eigenvalue weighted by Crippen LogP contribution is 2.43. The van der Waals surface area contributed by atoms with E-state index in [4.69, 9.17) is 4.98 Å². The topological polar surface area (TPSA) is 125 Å². The summed E-state index contributed by atoms with van der Waals surface area (Å²) in [7, 11) is 0. The smallest absolute Gasteiger partial charge is 0.275 e. The summed E-state index contributed by atoms with van der Waals surface area (Å²) in [5, 5.41) is 29.6. The Balaban J connectivity index is 1.35. The van der Waals surface area contributed by atoms with Crippen LogP contribution >= 0.6 is 0 Å². The van der Waals surface area contributed by atoms with Crippen molar-refractivity contribution in [3.05, 3.63) is 84.1 Å². The highest BCUT2D eigenvalue weighted by Gasteiger charge is 2.42. The minimum atomic E-state index is -0.972. The number of nitrogens with zero attached hydrogens (tertiary/aromatic N) is 6. The molecule has 1 saturated heterocycles. The number of piperazine rings is 1. The Morgan fingerprint density at radius 2 is 1.88 bits per heavy atom. The molecule has 40 heavy (non-hydrogen) atoms. The zero-order valence-corrected chi connectivity index (χ0v) is 22.6. The number of H-pyrrole nitrogens is 1. The van der Waals surface area contributed by atoms with Gasteiger partial charge in [0.1, 0.15) is 5.82 Å². The van der Waals surface area contributed by atoms with E-state index in [0.717, 1.165) is 50.0 Å². The fourth-order valence-electron chi connectivity index (χ4n) is 6.38. The SMILES string of the molecule is O=C(c1ncn([C@@H]2CCCC[C@@]2(O)CCc2nnn[nH]2)c1-c1ccccc1)N1CCNC[C@H]1Cc1ccccc1. The van der Waals surface area contributed by atoms with Crippen LogP contribution in [0, 0.1) is 0 Å². The quantitative estimate of drug-likeness (QED) is 0.313. The van der Waals surface area contributed by atoms with Gasteiger partial charge in [0.05, 0.1) is 23.7 Å². The number of aliphatic hydroxyl groups is 1. The van der Waals surface area contributed by atoms with E-state index in [9.17, 15) is 9.90 Å². The molecule has 1 aliphatic heterocycles. The zero-order valence-electron chi connectivity index (χ0n) is 22.6. The lowest BCUT2D eigenvalue weighted by atomic mass is 9.77. The van der Waals surface area contributed by atoms with Crippen LogP contribution in [0.1, 0.15) is 60.0 Å². The molecule has 208 valence electrons. The maximum absolute atomic E-state index is 14.3. The van der Waals surface area contributed by atoms with E-state index in [1.807, 2.05) is 53.4 Å². The molecule has 2 aromatic carbocycles. The molecule has 3 heterocycles. The highest BCUT2D eigenvalue weighted by molar-refractivity contribution is 5.98. The third-order valence-electron chi connectivity index (χ3n) is 8.45. The lowest BCUT2D eigenvalue weighted by Crippen LogP contribution is -2.54. The molecular formula is C30H36N8O2. The number of hydrogen-bond acceptors (Lipinski definition) is 7. The molecule has 2 fully saturated rings. The molecule has 0 spiro atoms. The first-order valence-corrected chi connectivity index (χ1v) is 14.3. The minimum absolute atomic E-state index is 0.0274. The first-order chi connectivity index (χ1) is 19.6. The average Bonchev–Trinajstić information content (AvgIpc) is 3.68. The van der Waals surface area contributed by atoms with Crippen molar-refractivity contribution >= 4 is 5.91 Å². The van der Waals surface area contributed by atoms with Crippen LogP contribution in [-0.4, -0.2) is 77.4 Å². The number of aromatic amines is 1. The summed E-state index contributed by atoms with van der Waals surface area (Å²) < 4.78 is 2.06. The summed E-state index contributed by atoms with van der Waals surface area (Å²) in [4.78, 5) is 21.0. The third kappa shape index (κ3) is 5.41. The average molecular weight is 541 g/mol. The normalized spacial score (nSPS) is 23.3. The number of nitrogens with one attached hydrogen (secondary N) is 2. The summed E-state index contributed by atoms with van der Waals surface area (Å²) in [6.45, 7) is 2.11. The Labute approximate surface area is 233 Å². The number of aryl methyl sites for hydroxylation is 1. The standard InChI is InChI=1S/C30H36N8O2/c39-29(37-18-17-31-20-24(37)19-22-9-3-1-4-10-22)27-28(23-11-5-2-6-12-23)38(21-32-27)25-13-7-8-15-30(25,40)16-14-26-33-35-36-34-26/h1-6,9-12,21,24-25,31,40H,7-8,13-20H2,(H,33,34,35,36)/t24-,25-,30-/m1/s1. The van der Waals surface area contributed by atoms with E-state index in [1.165, 1.54) is 5.56 Å². The molecule has 0 radical (unpaired) electrons. The maximum atomic E-state index is 14.3. The van der Waals surface area contributed by atoms with Gasteiger partial charge in [-0.05, 0) is 41.7 Å². The van der Waals surface area contributed by atoms with Crippen LogP contribution in [0.25, 0.3) is 11.3 Å². The van der Waals surface area contributed by atoms with E-state index >= 15 is 0 Å². The molecule has 6 rings (SSSR count). The van der Waals surface area contributed by atoms with Gasteiger partial charge in [-0.1, -0.05) is 73.5 Å². The molecule has 2 aromatic heterocycles. The Morgan fingerprint density at radius 1 is 1.07 bits per heavy atom. The molecule has 2 aliphatic rings. The van der Waals surface area contributed by atoms with Gasteiger partial charge < -0.3 is 19.9 Å². The van der Waals surface area contributed by atoms with E-state index in [2.05, 4.69) is 42.6 Å². The second-order valence-electron chi connectivity index (χ2n) is 11.0. The number of carbonyl (C=O) groups excluding carboxylic acids is 1. The van der Waals surface area contributed by atoms with Crippen molar-refractivity contribution in [2.75, 3.05) is 19.6 Å². The predicted molar refractivity (Wildman–Crippen MR) is 150 cm³/mol. The molecule has 1 aliphatic carbocycles. The Morgan fingerprint density at radius 3 is 2.65 bits per heavy atom. The molecule has 3 N–H and O–H groups in total.